The van der Waals surface area contributed by atoms with Crippen LogP contribution in [-0.4, -0.2) is 14.5 Å². The van der Waals surface area contributed by atoms with Crippen LogP contribution in [0.1, 0.15) is 22.5 Å². The van der Waals surface area contributed by atoms with E-state index < -0.39 is 16.7 Å². The Bertz CT molecular complexity index is 1730. The molecule has 4 aromatic carbocycles. The molecule has 0 N–H and O–H groups in total. The Hall–Kier alpha value is -4.40. The number of rotatable bonds is 7. The molecular weight excluding hydrogens is 574 g/mol. The highest BCUT2D eigenvalue weighted by Crippen LogP contribution is 2.35. The Morgan fingerprint density at radius 3 is 2.15 bits per heavy atom. The molecule has 1 aromatic heterocycles. The molecule has 0 amide bonds. The first-order valence-electron chi connectivity index (χ1n) is 12.3. The molecule has 0 saturated carbocycles. The van der Waals surface area contributed by atoms with Crippen molar-refractivity contribution in [1.82, 2.24) is 9.55 Å². The normalized spacial score (nSPS) is 11.7. The molecule has 10 heteroatoms. The number of aromatic nitrogens is 2. The Balaban J connectivity index is 1.45. The second kappa shape index (κ2) is 11.6. The summed E-state index contributed by atoms with van der Waals surface area (Å²) in [5, 5.41) is 11.9. The quantitative estimate of drug-likeness (QED) is 0.139. The molecule has 0 aliphatic carbocycles. The molecule has 41 heavy (non-hydrogen) atoms. The van der Waals surface area contributed by atoms with Crippen molar-refractivity contribution in [3.05, 3.63) is 140 Å². The van der Waals surface area contributed by atoms with Crippen molar-refractivity contribution in [1.29, 1.82) is 0 Å². The van der Waals surface area contributed by atoms with E-state index in [0.29, 0.717) is 44.8 Å². The topological polar surface area (TPSA) is 61.0 Å². The number of benzene rings is 4. The van der Waals surface area contributed by atoms with E-state index >= 15 is 0 Å². The number of non-ortho nitro benzene ring substituents is 1. The molecule has 0 saturated heterocycles. The second-order valence-electron chi connectivity index (χ2n) is 9.17. The largest absolute Gasteiger partial charge is 0.416 e. The lowest BCUT2D eigenvalue weighted by molar-refractivity contribution is -0.384. The van der Waals surface area contributed by atoms with Gasteiger partial charge in [0.15, 0.2) is 0 Å². The minimum Gasteiger partial charge on any atom is -0.326 e. The Morgan fingerprint density at radius 1 is 0.854 bits per heavy atom. The molecule has 5 nitrogen and oxygen atoms in total. The lowest BCUT2D eigenvalue weighted by Crippen LogP contribution is -2.04. The molecule has 0 bridgehead atoms. The van der Waals surface area contributed by atoms with E-state index in [2.05, 4.69) is 0 Å². The van der Waals surface area contributed by atoms with Gasteiger partial charge in [0.2, 0.25) is 0 Å². The van der Waals surface area contributed by atoms with Gasteiger partial charge in [0.25, 0.3) is 5.69 Å². The Kier molecular flexibility index (Phi) is 7.97. The number of hydrogen-bond acceptors (Lipinski definition) is 3. The fourth-order valence-corrected chi connectivity index (χ4v) is 4.90. The van der Waals surface area contributed by atoms with Crippen LogP contribution in [0.25, 0.3) is 34.5 Å². The van der Waals surface area contributed by atoms with Crippen molar-refractivity contribution in [2.45, 2.75) is 12.7 Å². The molecule has 0 aliphatic rings. The van der Waals surface area contributed by atoms with E-state index in [0.717, 1.165) is 23.3 Å². The molecule has 0 fully saturated rings. The van der Waals surface area contributed by atoms with Crippen molar-refractivity contribution < 1.29 is 18.1 Å². The van der Waals surface area contributed by atoms with Crippen LogP contribution in [0.3, 0.4) is 0 Å². The summed E-state index contributed by atoms with van der Waals surface area (Å²) in [6.07, 6.45) is 1.04. The number of nitro benzene ring substituents is 1. The molecule has 0 unspecified atom stereocenters. The Morgan fingerprint density at radius 2 is 1.51 bits per heavy atom. The van der Waals surface area contributed by atoms with Crippen molar-refractivity contribution >= 4 is 41.0 Å². The van der Waals surface area contributed by atoms with E-state index in [-0.39, 0.29) is 5.69 Å². The summed E-state index contributed by atoms with van der Waals surface area (Å²) in [5.74, 6) is 0.580. The molecule has 0 spiro atoms. The van der Waals surface area contributed by atoms with Gasteiger partial charge in [-0.3, -0.25) is 10.1 Å². The van der Waals surface area contributed by atoms with E-state index in [1.54, 1.807) is 54.6 Å². The predicted molar refractivity (Wildman–Crippen MR) is 156 cm³/mol. The molecular formula is C31H20Cl2F3N3O2. The van der Waals surface area contributed by atoms with Crippen LogP contribution in [0, 0.1) is 10.1 Å². The van der Waals surface area contributed by atoms with Crippen LogP contribution < -0.4 is 0 Å². The van der Waals surface area contributed by atoms with Gasteiger partial charge < -0.3 is 4.57 Å². The monoisotopic (exact) mass is 593 g/mol. The third-order valence-corrected chi connectivity index (χ3v) is 7.02. The number of imidazole rings is 1. The van der Waals surface area contributed by atoms with Gasteiger partial charge in [0, 0.05) is 30.4 Å². The van der Waals surface area contributed by atoms with Gasteiger partial charge in [-0.1, -0.05) is 83.9 Å². The summed E-state index contributed by atoms with van der Waals surface area (Å²) in [4.78, 5) is 15.3. The van der Waals surface area contributed by atoms with Crippen LogP contribution >= 0.6 is 23.2 Å². The van der Waals surface area contributed by atoms with Gasteiger partial charge in [-0.2, -0.15) is 13.2 Å². The number of halogens is 5. The fraction of sp³-hybridized carbons (Fsp3) is 0.0645. The van der Waals surface area contributed by atoms with E-state index in [1.165, 1.54) is 18.2 Å². The van der Waals surface area contributed by atoms with Crippen LogP contribution in [0.2, 0.25) is 10.0 Å². The van der Waals surface area contributed by atoms with Gasteiger partial charge in [-0.05, 0) is 52.6 Å². The van der Waals surface area contributed by atoms with Crippen LogP contribution in [0.5, 0.6) is 0 Å². The van der Waals surface area contributed by atoms with Crippen LogP contribution in [0.4, 0.5) is 18.9 Å². The highest BCUT2D eigenvalue weighted by atomic mass is 35.5. The Labute approximate surface area is 243 Å². The molecule has 1 heterocycles. The number of nitrogens with zero attached hydrogens (tertiary/aromatic N) is 3. The highest BCUT2D eigenvalue weighted by Gasteiger charge is 2.30. The molecule has 5 aromatic rings. The maximum absolute atomic E-state index is 13.1. The zero-order valence-electron chi connectivity index (χ0n) is 21.1. The molecule has 5 rings (SSSR count). The lowest BCUT2D eigenvalue weighted by Gasteiger charge is -2.09. The van der Waals surface area contributed by atoms with Crippen LogP contribution in [-0.2, 0) is 12.7 Å². The SMILES string of the molecule is O=[N+]([O-])c1ccc(Cn2cc(-c3c(Cl)cccc3Cl)nc2/C=C/c2ccc(-c3cccc(C(F)(F)F)c3)cc2)cc1. The fourth-order valence-electron chi connectivity index (χ4n) is 4.31. The maximum atomic E-state index is 13.1. The van der Waals surface area contributed by atoms with Gasteiger partial charge in [-0.15, -0.1) is 0 Å². The first-order valence-corrected chi connectivity index (χ1v) is 13.0. The van der Waals surface area contributed by atoms with Crippen molar-refractivity contribution in [3.63, 3.8) is 0 Å². The van der Waals surface area contributed by atoms with E-state index in [4.69, 9.17) is 28.2 Å². The first-order chi connectivity index (χ1) is 19.6. The molecule has 206 valence electrons. The molecule has 0 atom stereocenters. The predicted octanol–water partition coefficient (Wildman–Crippen LogP) is 9.67. The number of hydrogen-bond donors (Lipinski definition) is 0. The zero-order chi connectivity index (χ0) is 29.1. The smallest absolute Gasteiger partial charge is 0.326 e. The van der Waals surface area contributed by atoms with Crippen molar-refractivity contribution in [3.8, 4) is 22.4 Å². The van der Waals surface area contributed by atoms with Gasteiger partial charge in [-0.25, -0.2) is 4.98 Å². The molecule has 0 radical (unpaired) electrons. The second-order valence-corrected chi connectivity index (χ2v) is 9.98. The summed E-state index contributed by atoms with van der Waals surface area (Å²) >= 11 is 12.9. The number of nitro groups is 1. The van der Waals surface area contributed by atoms with E-state index in [9.17, 15) is 23.3 Å². The summed E-state index contributed by atoms with van der Waals surface area (Å²) in [5.41, 5.74) is 3.19. The average Bonchev–Trinajstić information content (AvgIpc) is 3.33. The standard InChI is InChI=1S/C31H20Cl2F3N3O2/c32-26-5-2-6-27(33)30(26)28-19-38(18-21-9-14-25(15-10-21)39(40)41)29(37-28)16-11-20-7-12-22(13-8-20)23-3-1-4-24(17-23)31(34,35)36/h1-17,19H,18H2/b16-11+. The average molecular weight is 594 g/mol. The number of alkyl halides is 3. The summed E-state index contributed by atoms with van der Waals surface area (Å²) in [6, 6.07) is 23.8. The minimum absolute atomic E-state index is 0.00313. The third-order valence-electron chi connectivity index (χ3n) is 6.39. The van der Waals surface area contributed by atoms with Crippen molar-refractivity contribution in [2.24, 2.45) is 0 Å². The van der Waals surface area contributed by atoms with Gasteiger partial charge in [0.05, 0.1) is 26.2 Å². The zero-order valence-corrected chi connectivity index (χ0v) is 22.7. The summed E-state index contributed by atoms with van der Waals surface area (Å²) in [7, 11) is 0. The molecule has 0 aliphatic heterocycles. The third kappa shape index (κ3) is 6.51. The van der Waals surface area contributed by atoms with Crippen molar-refractivity contribution in [2.75, 3.05) is 0 Å². The summed E-state index contributed by atoms with van der Waals surface area (Å²) < 4.78 is 41.3. The van der Waals surface area contributed by atoms with E-state index in [1.807, 2.05) is 29.0 Å². The first kappa shape index (κ1) is 28.1. The van der Waals surface area contributed by atoms with Gasteiger partial charge >= 0.3 is 6.18 Å². The maximum Gasteiger partial charge on any atom is 0.416 e. The lowest BCUT2D eigenvalue weighted by atomic mass is 10.0. The van der Waals surface area contributed by atoms with Gasteiger partial charge in [0.1, 0.15) is 5.82 Å². The highest BCUT2D eigenvalue weighted by molar-refractivity contribution is 6.39. The minimum atomic E-state index is -4.41. The summed E-state index contributed by atoms with van der Waals surface area (Å²) in [6.45, 7) is 0.376. The van der Waals surface area contributed by atoms with Crippen LogP contribution in [0.15, 0.2) is 97.2 Å².